The Kier molecular flexibility index (Phi) is 3.97. The van der Waals surface area contributed by atoms with E-state index in [0.29, 0.717) is 12.3 Å². The van der Waals surface area contributed by atoms with Crippen LogP contribution in [0.1, 0.15) is 0 Å². The first-order chi connectivity index (χ1) is 10.6. The molecular formula is C15H13N3O3S. The topological polar surface area (TPSA) is 78.0 Å². The van der Waals surface area contributed by atoms with E-state index in [1.807, 2.05) is 42.5 Å². The van der Waals surface area contributed by atoms with Gasteiger partial charge in [-0.3, -0.25) is 19.0 Å². The standard InChI is InChI=1S/C15H13N3O3S/c19-18(20)14-10-16-17(11-14)7-8-22(21)15-6-5-12-3-1-2-4-13(12)9-15/h1-6,9-11H,7-8H2. The maximum atomic E-state index is 12.3. The molecular weight excluding hydrogens is 302 g/mol. The number of aryl methyl sites for hydroxylation is 1. The number of hydrogen-bond acceptors (Lipinski definition) is 4. The fraction of sp³-hybridized carbons (Fsp3) is 0.133. The van der Waals surface area contributed by atoms with Crippen molar-refractivity contribution in [2.45, 2.75) is 11.4 Å². The van der Waals surface area contributed by atoms with Crippen molar-refractivity contribution in [3.05, 3.63) is 65.0 Å². The van der Waals surface area contributed by atoms with Gasteiger partial charge in [-0.15, -0.1) is 0 Å². The molecule has 0 saturated carbocycles. The van der Waals surface area contributed by atoms with Gasteiger partial charge in [0.1, 0.15) is 12.4 Å². The molecule has 0 radical (unpaired) electrons. The number of fused-ring (bicyclic) bond motifs is 1. The van der Waals surface area contributed by atoms with Crippen molar-refractivity contribution in [2.24, 2.45) is 0 Å². The normalized spacial score (nSPS) is 12.4. The Labute approximate surface area is 129 Å². The fourth-order valence-corrected chi connectivity index (χ4v) is 3.24. The molecule has 0 bridgehead atoms. The molecule has 112 valence electrons. The van der Waals surface area contributed by atoms with E-state index in [1.165, 1.54) is 17.1 Å². The van der Waals surface area contributed by atoms with Crippen molar-refractivity contribution in [3.63, 3.8) is 0 Å². The van der Waals surface area contributed by atoms with Crippen molar-refractivity contribution in [2.75, 3.05) is 5.75 Å². The van der Waals surface area contributed by atoms with E-state index >= 15 is 0 Å². The van der Waals surface area contributed by atoms with Crippen molar-refractivity contribution in [1.29, 1.82) is 0 Å². The smallest absolute Gasteiger partial charge is 0.265 e. The minimum atomic E-state index is -1.17. The first kappa shape index (κ1) is 14.4. The molecule has 0 aliphatic heterocycles. The predicted molar refractivity (Wildman–Crippen MR) is 84.1 cm³/mol. The van der Waals surface area contributed by atoms with Gasteiger partial charge in [0.25, 0.3) is 0 Å². The number of aromatic nitrogens is 2. The maximum Gasteiger partial charge on any atom is 0.306 e. The van der Waals surface area contributed by atoms with Crippen LogP contribution in [0.3, 0.4) is 0 Å². The molecule has 1 heterocycles. The van der Waals surface area contributed by atoms with E-state index in [-0.39, 0.29) is 5.69 Å². The summed E-state index contributed by atoms with van der Waals surface area (Å²) in [6.07, 6.45) is 2.54. The molecule has 0 aliphatic carbocycles. The Morgan fingerprint density at radius 3 is 2.68 bits per heavy atom. The monoisotopic (exact) mass is 315 g/mol. The Morgan fingerprint density at radius 2 is 1.95 bits per heavy atom. The number of hydrogen-bond donors (Lipinski definition) is 0. The lowest BCUT2D eigenvalue weighted by Gasteiger charge is -2.04. The third-order valence-electron chi connectivity index (χ3n) is 3.32. The Morgan fingerprint density at radius 1 is 1.18 bits per heavy atom. The van der Waals surface area contributed by atoms with Crippen LogP contribution < -0.4 is 0 Å². The highest BCUT2D eigenvalue weighted by molar-refractivity contribution is 7.85. The van der Waals surface area contributed by atoms with E-state index in [4.69, 9.17) is 0 Å². The van der Waals surface area contributed by atoms with Crippen LogP contribution in [0.2, 0.25) is 0 Å². The third kappa shape index (κ3) is 3.04. The Balaban J connectivity index is 1.71. The maximum absolute atomic E-state index is 12.3. The lowest BCUT2D eigenvalue weighted by Crippen LogP contribution is -2.08. The first-order valence-corrected chi connectivity index (χ1v) is 7.99. The van der Waals surface area contributed by atoms with Crippen LogP contribution in [0.15, 0.2) is 59.8 Å². The Bertz CT molecular complexity index is 860. The third-order valence-corrected chi connectivity index (χ3v) is 4.65. The SMILES string of the molecule is O=[N+]([O-])c1cnn(CCS(=O)c2ccc3ccccc3c2)c1. The molecule has 1 unspecified atom stereocenters. The second kappa shape index (κ2) is 6.07. The molecule has 0 N–H and O–H groups in total. The molecule has 1 atom stereocenters. The van der Waals surface area contributed by atoms with E-state index in [0.717, 1.165) is 15.7 Å². The van der Waals surface area contributed by atoms with Gasteiger partial charge in [0.05, 0.1) is 22.3 Å². The molecule has 6 nitrogen and oxygen atoms in total. The quantitative estimate of drug-likeness (QED) is 0.536. The first-order valence-electron chi connectivity index (χ1n) is 6.67. The van der Waals surface area contributed by atoms with Crippen molar-refractivity contribution < 1.29 is 9.13 Å². The molecule has 0 fully saturated rings. The van der Waals surface area contributed by atoms with Crippen molar-refractivity contribution >= 4 is 27.3 Å². The van der Waals surface area contributed by atoms with Crippen molar-refractivity contribution in [3.8, 4) is 0 Å². The van der Waals surface area contributed by atoms with Crippen LogP contribution in [0.4, 0.5) is 5.69 Å². The number of nitrogens with zero attached hydrogens (tertiary/aromatic N) is 3. The van der Waals surface area contributed by atoms with E-state index in [1.54, 1.807) is 0 Å². The summed E-state index contributed by atoms with van der Waals surface area (Å²) in [6, 6.07) is 13.6. The lowest BCUT2D eigenvalue weighted by molar-refractivity contribution is -0.385. The number of benzene rings is 2. The zero-order valence-electron chi connectivity index (χ0n) is 11.6. The minimum Gasteiger partial charge on any atom is -0.265 e. The molecule has 7 heteroatoms. The van der Waals surface area contributed by atoms with E-state index < -0.39 is 15.7 Å². The molecule has 2 aromatic carbocycles. The molecule has 0 aliphatic rings. The second-order valence-corrected chi connectivity index (χ2v) is 6.35. The average molecular weight is 315 g/mol. The van der Waals surface area contributed by atoms with Gasteiger partial charge in [0.15, 0.2) is 0 Å². The van der Waals surface area contributed by atoms with Crippen LogP contribution in [0.5, 0.6) is 0 Å². The van der Waals surface area contributed by atoms with Gasteiger partial charge in [-0.2, -0.15) is 5.10 Å². The van der Waals surface area contributed by atoms with E-state index in [9.17, 15) is 14.3 Å². The summed E-state index contributed by atoms with van der Waals surface area (Å²) < 4.78 is 13.8. The van der Waals surface area contributed by atoms with Gasteiger partial charge in [0, 0.05) is 10.6 Å². The van der Waals surface area contributed by atoms with Crippen molar-refractivity contribution in [1.82, 2.24) is 9.78 Å². The average Bonchev–Trinajstić information content (AvgIpc) is 3.01. The molecule has 3 rings (SSSR count). The van der Waals surface area contributed by atoms with Gasteiger partial charge in [-0.1, -0.05) is 30.3 Å². The highest BCUT2D eigenvalue weighted by Gasteiger charge is 2.10. The second-order valence-electron chi connectivity index (χ2n) is 4.78. The largest absolute Gasteiger partial charge is 0.306 e. The van der Waals surface area contributed by atoms with Gasteiger partial charge < -0.3 is 0 Å². The summed E-state index contributed by atoms with van der Waals surface area (Å²) in [5, 5.41) is 16.6. The highest BCUT2D eigenvalue weighted by atomic mass is 32.2. The zero-order chi connectivity index (χ0) is 15.5. The fourth-order valence-electron chi connectivity index (χ4n) is 2.17. The Hall–Kier alpha value is -2.54. The van der Waals surface area contributed by atoms with Gasteiger partial charge in [0.2, 0.25) is 0 Å². The highest BCUT2D eigenvalue weighted by Crippen LogP contribution is 2.18. The summed E-state index contributed by atoms with van der Waals surface area (Å²) in [4.78, 5) is 10.8. The van der Waals surface area contributed by atoms with Crippen LogP contribution in [-0.4, -0.2) is 24.7 Å². The van der Waals surface area contributed by atoms with Gasteiger partial charge in [-0.05, 0) is 22.9 Å². The lowest BCUT2D eigenvalue weighted by atomic mass is 10.1. The zero-order valence-corrected chi connectivity index (χ0v) is 12.4. The van der Waals surface area contributed by atoms with Crippen LogP contribution >= 0.6 is 0 Å². The predicted octanol–water partition coefficient (Wildman–Crippen LogP) is 2.75. The van der Waals surface area contributed by atoms with Crippen LogP contribution in [0, 0.1) is 10.1 Å². The molecule has 0 saturated heterocycles. The summed E-state index contributed by atoms with van der Waals surface area (Å²) in [7, 11) is -1.17. The summed E-state index contributed by atoms with van der Waals surface area (Å²) in [5.41, 5.74) is -0.0588. The molecule has 0 amide bonds. The molecule has 3 aromatic rings. The minimum absolute atomic E-state index is 0.0588. The van der Waals surface area contributed by atoms with Gasteiger partial charge in [-0.25, -0.2) is 0 Å². The molecule has 22 heavy (non-hydrogen) atoms. The van der Waals surface area contributed by atoms with E-state index in [2.05, 4.69) is 5.10 Å². The summed E-state index contributed by atoms with van der Waals surface area (Å²) >= 11 is 0. The number of rotatable bonds is 5. The number of nitro groups is 1. The summed E-state index contributed by atoms with van der Waals surface area (Å²) in [5.74, 6) is 0.358. The van der Waals surface area contributed by atoms with Gasteiger partial charge >= 0.3 is 5.69 Å². The molecule has 1 aromatic heterocycles. The summed E-state index contributed by atoms with van der Waals surface area (Å²) in [6.45, 7) is 0.368. The van der Waals surface area contributed by atoms with Crippen LogP contribution in [0.25, 0.3) is 10.8 Å². The van der Waals surface area contributed by atoms with Crippen LogP contribution in [-0.2, 0) is 17.3 Å². The molecule has 0 spiro atoms.